The van der Waals surface area contributed by atoms with Crippen LogP contribution in [0.4, 0.5) is 0 Å². The first-order chi connectivity index (χ1) is 8.33. The van der Waals surface area contributed by atoms with E-state index in [0.717, 1.165) is 5.92 Å². The van der Waals surface area contributed by atoms with Crippen molar-refractivity contribution in [3.05, 3.63) is 35.4 Å². The van der Waals surface area contributed by atoms with Gasteiger partial charge in [0.15, 0.2) is 0 Å². The quantitative estimate of drug-likeness (QED) is 0.768. The number of rotatable bonds is 3. The van der Waals surface area contributed by atoms with Crippen LogP contribution < -0.4 is 5.32 Å². The smallest absolute Gasteiger partial charge is 0.0348 e. The van der Waals surface area contributed by atoms with Crippen molar-refractivity contribution in [2.75, 3.05) is 7.05 Å². The van der Waals surface area contributed by atoms with Gasteiger partial charge in [-0.15, -0.1) is 0 Å². The molecule has 1 aromatic carbocycles. The maximum atomic E-state index is 3.56. The summed E-state index contributed by atoms with van der Waals surface area (Å²) >= 11 is 0. The molecule has 0 radical (unpaired) electrons. The van der Waals surface area contributed by atoms with Crippen LogP contribution in [0.2, 0.25) is 0 Å². The van der Waals surface area contributed by atoms with Gasteiger partial charge in [-0.3, -0.25) is 0 Å². The van der Waals surface area contributed by atoms with Crippen LogP contribution in [-0.4, -0.2) is 7.05 Å². The second-order valence-corrected chi connectivity index (χ2v) is 5.37. The van der Waals surface area contributed by atoms with E-state index in [0.29, 0.717) is 6.04 Å². The second kappa shape index (κ2) is 6.20. The van der Waals surface area contributed by atoms with Crippen LogP contribution >= 0.6 is 0 Å². The lowest BCUT2D eigenvalue weighted by atomic mass is 9.85. The van der Waals surface area contributed by atoms with Crippen molar-refractivity contribution in [1.29, 1.82) is 0 Å². The van der Waals surface area contributed by atoms with Gasteiger partial charge in [0, 0.05) is 6.04 Å². The predicted octanol–water partition coefficient (Wildman–Crippen LogP) is 4.23. The SMILES string of the molecule is CNC(c1ccccc1C)C1CCCCCC1. The molecule has 0 heterocycles. The number of benzene rings is 1. The summed E-state index contributed by atoms with van der Waals surface area (Å²) in [5, 5.41) is 3.56. The van der Waals surface area contributed by atoms with Gasteiger partial charge in [0.05, 0.1) is 0 Å². The van der Waals surface area contributed by atoms with Crippen molar-refractivity contribution >= 4 is 0 Å². The first-order valence-electron chi connectivity index (χ1n) is 7.05. The summed E-state index contributed by atoms with van der Waals surface area (Å²) in [7, 11) is 2.11. The summed E-state index contributed by atoms with van der Waals surface area (Å²) in [6.07, 6.45) is 8.46. The van der Waals surface area contributed by atoms with E-state index in [4.69, 9.17) is 0 Å². The summed E-state index contributed by atoms with van der Waals surface area (Å²) in [4.78, 5) is 0. The Hall–Kier alpha value is -0.820. The van der Waals surface area contributed by atoms with Crippen LogP contribution in [0.25, 0.3) is 0 Å². The van der Waals surface area contributed by atoms with Crippen molar-refractivity contribution in [2.24, 2.45) is 5.92 Å². The molecule has 1 aliphatic rings. The summed E-state index contributed by atoms with van der Waals surface area (Å²) in [5.41, 5.74) is 2.93. The van der Waals surface area contributed by atoms with Gasteiger partial charge in [0.25, 0.3) is 0 Å². The van der Waals surface area contributed by atoms with Gasteiger partial charge in [-0.2, -0.15) is 0 Å². The van der Waals surface area contributed by atoms with Crippen LogP contribution in [-0.2, 0) is 0 Å². The van der Waals surface area contributed by atoms with Crippen LogP contribution in [0.3, 0.4) is 0 Å². The molecule has 0 aliphatic heterocycles. The third kappa shape index (κ3) is 3.10. The number of hydrogen-bond donors (Lipinski definition) is 1. The molecular formula is C16H25N. The number of hydrogen-bond acceptors (Lipinski definition) is 1. The third-order valence-electron chi connectivity index (χ3n) is 4.21. The average molecular weight is 231 g/mol. The van der Waals surface area contributed by atoms with Crippen LogP contribution in [0, 0.1) is 12.8 Å². The maximum absolute atomic E-state index is 3.56. The molecule has 0 bridgehead atoms. The zero-order valence-corrected chi connectivity index (χ0v) is 11.2. The van der Waals surface area contributed by atoms with E-state index in [9.17, 15) is 0 Å². The van der Waals surface area contributed by atoms with Gasteiger partial charge in [-0.1, -0.05) is 49.9 Å². The predicted molar refractivity (Wildman–Crippen MR) is 74.2 cm³/mol. The van der Waals surface area contributed by atoms with Crippen LogP contribution in [0.15, 0.2) is 24.3 Å². The van der Waals surface area contributed by atoms with E-state index in [1.165, 1.54) is 49.7 Å². The van der Waals surface area contributed by atoms with Gasteiger partial charge in [-0.25, -0.2) is 0 Å². The Kier molecular flexibility index (Phi) is 4.61. The monoisotopic (exact) mass is 231 g/mol. The van der Waals surface area contributed by atoms with Crippen molar-refractivity contribution in [1.82, 2.24) is 5.32 Å². The molecule has 0 spiro atoms. The van der Waals surface area contributed by atoms with E-state index < -0.39 is 0 Å². The molecule has 0 saturated heterocycles. The molecule has 1 aliphatic carbocycles. The summed E-state index contributed by atoms with van der Waals surface area (Å²) in [5.74, 6) is 0.823. The molecule has 1 unspecified atom stereocenters. The zero-order valence-electron chi connectivity index (χ0n) is 11.2. The van der Waals surface area contributed by atoms with Crippen LogP contribution in [0.5, 0.6) is 0 Å². The highest BCUT2D eigenvalue weighted by atomic mass is 14.9. The topological polar surface area (TPSA) is 12.0 Å². The van der Waals surface area contributed by atoms with E-state index in [1.54, 1.807) is 0 Å². The molecule has 0 aromatic heterocycles. The van der Waals surface area contributed by atoms with Crippen molar-refractivity contribution in [3.63, 3.8) is 0 Å². The summed E-state index contributed by atoms with van der Waals surface area (Å²) < 4.78 is 0. The zero-order chi connectivity index (χ0) is 12.1. The molecular weight excluding hydrogens is 206 g/mol. The molecule has 1 aromatic rings. The summed E-state index contributed by atoms with van der Waals surface area (Å²) in [6.45, 7) is 2.23. The fourth-order valence-corrected chi connectivity index (χ4v) is 3.23. The Balaban J connectivity index is 2.17. The van der Waals surface area contributed by atoms with Gasteiger partial charge in [0.1, 0.15) is 0 Å². The molecule has 1 fully saturated rings. The van der Waals surface area contributed by atoms with Crippen molar-refractivity contribution in [3.8, 4) is 0 Å². The Morgan fingerprint density at radius 2 is 1.71 bits per heavy atom. The Morgan fingerprint density at radius 3 is 2.29 bits per heavy atom. The largest absolute Gasteiger partial charge is 0.313 e. The normalized spacial score (nSPS) is 19.9. The fraction of sp³-hybridized carbons (Fsp3) is 0.625. The van der Waals surface area contributed by atoms with Crippen LogP contribution in [0.1, 0.15) is 55.7 Å². The van der Waals surface area contributed by atoms with E-state index in [2.05, 4.69) is 43.6 Å². The van der Waals surface area contributed by atoms with E-state index >= 15 is 0 Å². The standard InChI is InChI=1S/C16H25N/c1-13-9-7-8-12-15(13)16(17-2)14-10-5-3-4-6-11-14/h7-9,12,14,16-17H,3-6,10-11H2,1-2H3. The molecule has 2 rings (SSSR count). The lowest BCUT2D eigenvalue weighted by Gasteiger charge is -2.27. The molecule has 1 nitrogen and oxygen atoms in total. The molecule has 94 valence electrons. The van der Waals surface area contributed by atoms with Gasteiger partial charge in [-0.05, 0) is 43.9 Å². The van der Waals surface area contributed by atoms with E-state index in [1.807, 2.05) is 0 Å². The summed E-state index contributed by atoms with van der Waals surface area (Å²) in [6, 6.07) is 9.38. The lowest BCUT2D eigenvalue weighted by molar-refractivity contribution is 0.340. The fourth-order valence-electron chi connectivity index (χ4n) is 3.23. The molecule has 1 N–H and O–H groups in total. The lowest BCUT2D eigenvalue weighted by Crippen LogP contribution is -2.25. The van der Waals surface area contributed by atoms with Gasteiger partial charge >= 0.3 is 0 Å². The van der Waals surface area contributed by atoms with E-state index in [-0.39, 0.29) is 0 Å². The van der Waals surface area contributed by atoms with Gasteiger partial charge < -0.3 is 5.32 Å². The highest BCUT2D eigenvalue weighted by molar-refractivity contribution is 5.29. The minimum Gasteiger partial charge on any atom is -0.313 e. The van der Waals surface area contributed by atoms with Crippen molar-refractivity contribution in [2.45, 2.75) is 51.5 Å². The Labute approximate surface area is 106 Å². The number of nitrogens with one attached hydrogen (secondary N) is 1. The maximum Gasteiger partial charge on any atom is 0.0348 e. The molecule has 17 heavy (non-hydrogen) atoms. The Morgan fingerprint density at radius 1 is 1.06 bits per heavy atom. The van der Waals surface area contributed by atoms with Gasteiger partial charge in [0.2, 0.25) is 0 Å². The second-order valence-electron chi connectivity index (χ2n) is 5.37. The molecule has 1 heteroatoms. The Bertz CT molecular complexity index is 337. The first-order valence-corrected chi connectivity index (χ1v) is 7.05. The molecule has 1 saturated carbocycles. The average Bonchev–Trinajstić information content (AvgIpc) is 2.62. The third-order valence-corrected chi connectivity index (χ3v) is 4.21. The molecule has 1 atom stereocenters. The molecule has 0 amide bonds. The highest BCUT2D eigenvalue weighted by Gasteiger charge is 2.23. The highest BCUT2D eigenvalue weighted by Crippen LogP contribution is 2.34. The minimum atomic E-state index is 0.550. The van der Waals surface area contributed by atoms with Crippen molar-refractivity contribution < 1.29 is 0 Å². The minimum absolute atomic E-state index is 0.550. The first kappa shape index (κ1) is 12.6. The number of aryl methyl sites for hydroxylation is 1.